The van der Waals surface area contributed by atoms with Crippen LogP contribution in [0.4, 0.5) is 8.78 Å². The number of aryl methyl sites for hydroxylation is 1. The van der Waals surface area contributed by atoms with Crippen molar-refractivity contribution in [3.05, 3.63) is 17.7 Å². The average Bonchev–Trinajstić information content (AvgIpc) is 2.30. The number of imidazole rings is 1. The van der Waals surface area contributed by atoms with Gasteiger partial charge in [0.25, 0.3) is 0 Å². The van der Waals surface area contributed by atoms with Crippen molar-refractivity contribution in [2.45, 2.75) is 31.6 Å². The van der Waals surface area contributed by atoms with E-state index in [4.69, 9.17) is 0 Å². The molecule has 12 heavy (non-hydrogen) atoms. The summed E-state index contributed by atoms with van der Waals surface area (Å²) in [6.07, 6.45) is 1.58. The van der Waals surface area contributed by atoms with Crippen molar-refractivity contribution in [2.75, 3.05) is 0 Å². The van der Waals surface area contributed by atoms with Gasteiger partial charge in [-0.3, -0.25) is 0 Å². The molecule has 1 aromatic rings. The van der Waals surface area contributed by atoms with E-state index in [9.17, 15) is 8.78 Å². The Bertz CT molecular complexity index is 285. The molecular weight excluding hydrogens is 162 g/mol. The van der Waals surface area contributed by atoms with Gasteiger partial charge in [0, 0.05) is 30.7 Å². The molecule has 2 rings (SSSR count). The van der Waals surface area contributed by atoms with Crippen LogP contribution in [0.25, 0.3) is 0 Å². The number of alkyl halides is 2. The summed E-state index contributed by atoms with van der Waals surface area (Å²) in [5.74, 6) is -1.66. The molecule has 1 fully saturated rings. The summed E-state index contributed by atoms with van der Waals surface area (Å²) in [5, 5.41) is 0. The molecule has 1 aliphatic rings. The summed E-state index contributed by atoms with van der Waals surface area (Å²) in [5.41, 5.74) is 0.846. The van der Waals surface area contributed by atoms with Gasteiger partial charge in [0.15, 0.2) is 0 Å². The Kier molecular flexibility index (Phi) is 1.46. The summed E-state index contributed by atoms with van der Waals surface area (Å²) >= 11 is 0. The standard InChI is InChI=1S/C8H10F2N2/c1-5-11-4-7(12-5)6-2-8(9,10)3-6/h4,6H,2-3H2,1H3,(H,11,12). The average molecular weight is 172 g/mol. The number of aromatic nitrogens is 2. The Morgan fingerprint density at radius 3 is 2.67 bits per heavy atom. The highest BCUT2D eigenvalue weighted by molar-refractivity contribution is 5.13. The van der Waals surface area contributed by atoms with Crippen LogP contribution in [-0.4, -0.2) is 15.9 Å². The van der Waals surface area contributed by atoms with Crippen molar-refractivity contribution in [1.29, 1.82) is 0 Å². The van der Waals surface area contributed by atoms with E-state index in [0.717, 1.165) is 11.5 Å². The second kappa shape index (κ2) is 2.28. The minimum atomic E-state index is -2.44. The van der Waals surface area contributed by atoms with Gasteiger partial charge in [-0.15, -0.1) is 0 Å². The third-order valence-electron chi connectivity index (χ3n) is 2.25. The summed E-state index contributed by atoms with van der Waals surface area (Å²) < 4.78 is 24.9. The summed E-state index contributed by atoms with van der Waals surface area (Å²) in [6.45, 7) is 1.82. The molecule has 0 spiro atoms. The Labute approximate surface area is 69.0 Å². The van der Waals surface area contributed by atoms with Crippen LogP contribution in [0, 0.1) is 6.92 Å². The van der Waals surface area contributed by atoms with Gasteiger partial charge >= 0.3 is 0 Å². The molecule has 1 heterocycles. The van der Waals surface area contributed by atoms with E-state index in [1.807, 2.05) is 6.92 Å². The predicted octanol–water partition coefficient (Wildman–Crippen LogP) is 2.23. The van der Waals surface area contributed by atoms with Crippen molar-refractivity contribution in [3.63, 3.8) is 0 Å². The zero-order valence-electron chi connectivity index (χ0n) is 6.77. The fourth-order valence-corrected chi connectivity index (χ4v) is 1.53. The molecule has 0 bridgehead atoms. The lowest BCUT2D eigenvalue weighted by Crippen LogP contribution is -2.33. The first-order valence-corrected chi connectivity index (χ1v) is 3.96. The summed E-state index contributed by atoms with van der Waals surface area (Å²) in [7, 11) is 0. The van der Waals surface area contributed by atoms with Gasteiger partial charge in [-0.05, 0) is 6.92 Å². The number of hydrogen-bond donors (Lipinski definition) is 1. The third-order valence-corrected chi connectivity index (χ3v) is 2.25. The molecule has 0 radical (unpaired) electrons. The molecule has 1 aromatic heterocycles. The Morgan fingerprint density at radius 2 is 2.25 bits per heavy atom. The second-order valence-corrected chi connectivity index (χ2v) is 3.39. The summed E-state index contributed by atoms with van der Waals surface area (Å²) in [4.78, 5) is 6.94. The van der Waals surface area contributed by atoms with Crippen LogP contribution in [-0.2, 0) is 0 Å². The highest BCUT2D eigenvalue weighted by Crippen LogP contribution is 2.47. The minimum Gasteiger partial charge on any atom is -0.346 e. The van der Waals surface area contributed by atoms with Gasteiger partial charge in [0.2, 0.25) is 5.92 Å². The van der Waals surface area contributed by atoms with Crippen molar-refractivity contribution in [2.24, 2.45) is 0 Å². The highest BCUT2D eigenvalue weighted by Gasteiger charge is 2.46. The lowest BCUT2D eigenvalue weighted by atomic mass is 9.79. The van der Waals surface area contributed by atoms with Crippen LogP contribution in [0.5, 0.6) is 0 Å². The van der Waals surface area contributed by atoms with E-state index in [1.54, 1.807) is 6.20 Å². The number of hydrogen-bond acceptors (Lipinski definition) is 1. The van der Waals surface area contributed by atoms with Crippen molar-refractivity contribution < 1.29 is 8.78 Å². The van der Waals surface area contributed by atoms with E-state index >= 15 is 0 Å². The van der Waals surface area contributed by atoms with Gasteiger partial charge in [-0.1, -0.05) is 0 Å². The molecule has 0 atom stereocenters. The van der Waals surface area contributed by atoms with Gasteiger partial charge < -0.3 is 4.98 Å². The molecule has 0 amide bonds. The third kappa shape index (κ3) is 1.21. The number of H-pyrrole nitrogens is 1. The molecule has 0 aliphatic heterocycles. The first kappa shape index (κ1) is 7.71. The van der Waals surface area contributed by atoms with E-state index in [1.165, 1.54) is 0 Å². The van der Waals surface area contributed by atoms with Crippen LogP contribution in [0.3, 0.4) is 0 Å². The van der Waals surface area contributed by atoms with E-state index in [-0.39, 0.29) is 18.8 Å². The number of aromatic amines is 1. The number of halogens is 2. The number of nitrogens with one attached hydrogen (secondary N) is 1. The van der Waals surface area contributed by atoms with Crippen LogP contribution < -0.4 is 0 Å². The van der Waals surface area contributed by atoms with Crippen LogP contribution in [0.2, 0.25) is 0 Å². The van der Waals surface area contributed by atoms with E-state index in [0.29, 0.717) is 0 Å². The minimum absolute atomic E-state index is 0.0128. The summed E-state index contributed by atoms with van der Waals surface area (Å²) in [6, 6.07) is 0. The lowest BCUT2D eigenvalue weighted by Gasteiger charge is -2.33. The van der Waals surface area contributed by atoms with Gasteiger partial charge in [-0.2, -0.15) is 0 Å². The van der Waals surface area contributed by atoms with Crippen LogP contribution >= 0.6 is 0 Å². The van der Waals surface area contributed by atoms with Gasteiger partial charge in [-0.25, -0.2) is 13.8 Å². The lowest BCUT2D eigenvalue weighted by molar-refractivity contribution is -0.0875. The van der Waals surface area contributed by atoms with Crippen molar-refractivity contribution >= 4 is 0 Å². The SMILES string of the molecule is Cc1ncc(C2CC(F)(F)C2)[nH]1. The zero-order chi connectivity index (χ0) is 8.77. The molecular formula is C8H10F2N2. The predicted molar refractivity (Wildman–Crippen MR) is 40.2 cm³/mol. The molecule has 1 N–H and O–H groups in total. The largest absolute Gasteiger partial charge is 0.346 e. The maximum absolute atomic E-state index is 12.4. The monoisotopic (exact) mass is 172 g/mol. The number of nitrogens with zero attached hydrogens (tertiary/aromatic N) is 1. The van der Waals surface area contributed by atoms with Crippen LogP contribution in [0.15, 0.2) is 6.20 Å². The molecule has 66 valence electrons. The molecule has 1 aliphatic carbocycles. The Morgan fingerprint density at radius 1 is 1.58 bits per heavy atom. The topological polar surface area (TPSA) is 28.7 Å². The first-order chi connectivity index (χ1) is 5.57. The second-order valence-electron chi connectivity index (χ2n) is 3.39. The quantitative estimate of drug-likeness (QED) is 0.691. The van der Waals surface area contributed by atoms with Gasteiger partial charge in [0.05, 0.1) is 0 Å². The van der Waals surface area contributed by atoms with Gasteiger partial charge in [0.1, 0.15) is 5.82 Å². The van der Waals surface area contributed by atoms with Crippen molar-refractivity contribution in [3.8, 4) is 0 Å². The van der Waals surface area contributed by atoms with Crippen molar-refractivity contribution in [1.82, 2.24) is 9.97 Å². The first-order valence-electron chi connectivity index (χ1n) is 3.96. The maximum Gasteiger partial charge on any atom is 0.249 e. The van der Waals surface area contributed by atoms with E-state index < -0.39 is 5.92 Å². The molecule has 4 heteroatoms. The fraction of sp³-hybridized carbons (Fsp3) is 0.625. The van der Waals surface area contributed by atoms with Crippen LogP contribution in [0.1, 0.15) is 30.3 Å². The number of rotatable bonds is 1. The zero-order valence-corrected chi connectivity index (χ0v) is 6.77. The molecule has 0 saturated heterocycles. The smallest absolute Gasteiger partial charge is 0.249 e. The normalized spacial score (nSPS) is 22.2. The highest BCUT2D eigenvalue weighted by atomic mass is 19.3. The molecule has 0 unspecified atom stereocenters. The Hall–Kier alpha value is -0.930. The molecule has 1 saturated carbocycles. The Balaban J connectivity index is 2.06. The fourth-order valence-electron chi connectivity index (χ4n) is 1.53. The van der Waals surface area contributed by atoms with E-state index in [2.05, 4.69) is 9.97 Å². The molecule has 0 aromatic carbocycles. The molecule has 2 nitrogen and oxygen atoms in total. The maximum atomic E-state index is 12.4.